The molecule has 0 aliphatic carbocycles. The van der Waals surface area contributed by atoms with Crippen LogP contribution in [0.3, 0.4) is 0 Å². The molecule has 0 atom stereocenters. The molecule has 0 spiro atoms. The maximum absolute atomic E-state index is 5.73. The van der Waals surface area contributed by atoms with Gasteiger partial charge in [0.2, 0.25) is 0 Å². The van der Waals surface area contributed by atoms with Crippen LogP contribution in [0.1, 0.15) is 0 Å². The zero-order valence-electron chi connectivity index (χ0n) is 22.9. The number of aromatic nitrogens is 3. The first-order chi connectivity index (χ1) is 21.3. The summed E-state index contributed by atoms with van der Waals surface area (Å²) in [6.07, 6.45) is 5.18. The quantitative estimate of drug-likeness (QED) is 0.215. The van der Waals surface area contributed by atoms with E-state index in [1.807, 2.05) is 30.5 Å². The van der Waals surface area contributed by atoms with Crippen molar-refractivity contribution in [1.29, 1.82) is 0 Å². The molecule has 0 radical (unpaired) electrons. The highest BCUT2D eigenvalue weighted by Gasteiger charge is 2.12. The molecule has 0 bridgehead atoms. The summed E-state index contributed by atoms with van der Waals surface area (Å²) in [4.78, 5) is 13.7. The molecule has 3 aromatic heterocycles. The highest BCUT2D eigenvalue weighted by Crippen LogP contribution is 2.36. The predicted octanol–water partition coefficient (Wildman–Crippen LogP) is 10.2. The third kappa shape index (κ3) is 4.94. The van der Waals surface area contributed by atoms with Gasteiger partial charge < -0.3 is 9.73 Å². The van der Waals surface area contributed by atoms with Gasteiger partial charge in [0.25, 0.3) is 0 Å². The summed E-state index contributed by atoms with van der Waals surface area (Å²) in [6, 6.07) is 41.9. The summed E-state index contributed by atoms with van der Waals surface area (Å²) < 4.78 is 6.90. The van der Waals surface area contributed by atoms with Gasteiger partial charge in [0.15, 0.2) is 12.0 Å². The van der Waals surface area contributed by atoms with Crippen molar-refractivity contribution in [2.24, 2.45) is 0 Å². The summed E-state index contributed by atoms with van der Waals surface area (Å²) >= 11 is 1.70. The molecule has 5 aromatic carbocycles. The monoisotopic (exact) mass is 572 g/mol. The number of anilines is 2. The van der Waals surface area contributed by atoms with Crippen molar-refractivity contribution in [1.82, 2.24) is 15.0 Å². The minimum Gasteiger partial charge on any atom is -0.443 e. The van der Waals surface area contributed by atoms with E-state index in [1.165, 1.54) is 6.39 Å². The van der Waals surface area contributed by atoms with Crippen molar-refractivity contribution in [2.45, 2.75) is 0 Å². The van der Waals surface area contributed by atoms with Crippen molar-refractivity contribution >= 4 is 44.0 Å². The van der Waals surface area contributed by atoms with Crippen LogP contribution >= 0.6 is 11.3 Å². The molecule has 8 aromatic rings. The van der Waals surface area contributed by atoms with Gasteiger partial charge in [-0.05, 0) is 76.9 Å². The lowest BCUT2D eigenvalue weighted by Crippen LogP contribution is -1.91. The van der Waals surface area contributed by atoms with Gasteiger partial charge in [-0.25, -0.2) is 9.97 Å². The molecular weight excluding hydrogens is 549 g/mol. The lowest BCUT2D eigenvalue weighted by atomic mass is 9.98. The average molecular weight is 573 g/mol. The fraction of sp³-hybridized carbons (Fsp3) is 0. The Labute approximate surface area is 252 Å². The largest absolute Gasteiger partial charge is 0.443 e. The van der Waals surface area contributed by atoms with E-state index in [9.17, 15) is 0 Å². The molecule has 0 saturated carbocycles. The predicted molar refractivity (Wildman–Crippen MR) is 176 cm³/mol. The summed E-state index contributed by atoms with van der Waals surface area (Å²) in [7, 11) is 0. The van der Waals surface area contributed by atoms with E-state index in [-0.39, 0.29) is 0 Å². The number of fused-ring (bicyclic) bond motifs is 2. The minimum atomic E-state index is 0.801. The first-order valence-corrected chi connectivity index (χ1v) is 14.8. The third-order valence-electron chi connectivity index (χ3n) is 7.52. The molecule has 0 amide bonds. The molecule has 6 heteroatoms. The van der Waals surface area contributed by atoms with Crippen LogP contribution in [-0.4, -0.2) is 15.0 Å². The van der Waals surface area contributed by atoms with Crippen molar-refractivity contribution in [3.8, 4) is 44.0 Å². The SMILES string of the molecule is c1ccc(-c2cc(-c3ccc(Nc4cccc(-c5nc6cc(-c7cccnc7)ccc6s5)c4)cc3)cc3ncoc23)cc1. The number of nitrogens with one attached hydrogen (secondary N) is 1. The number of benzene rings is 5. The zero-order chi connectivity index (χ0) is 28.6. The highest BCUT2D eigenvalue weighted by atomic mass is 32.1. The number of thiazole rings is 1. The Kier molecular flexibility index (Phi) is 6.24. The van der Waals surface area contributed by atoms with E-state index in [1.54, 1.807) is 17.5 Å². The van der Waals surface area contributed by atoms with E-state index in [0.717, 1.165) is 76.6 Å². The standard InChI is InChI=1S/C37H24N4OS/c1-2-6-25(7-3-1)32-19-29(21-34-36(32)42-23-39-34)24-11-14-30(15-12-24)40-31-10-4-8-27(18-31)37-41-33-20-26(13-16-35(33)43-37)28-9-5-17-38-22-28/h1-23,40H. The Morgan fingerprint density at radius 3 is 2.26 bits per heavy atom. The van der Waals surface area contributed by atoms with Gasteiger partial charge in [-0.3, -0.25) is 4.98 Å². The molecule has 0 unspecified atom stereocenters. The Hall–Kier alpha value is -5.59. The van der Waals surface area contributed by atoms with Crippen LogP contribution < -0.4 is 5.32 Å². The second-order valence-electron chi connectivity index (χ2n) is 10.3. The summed E-state index contributed by atoms with van der Waals surface area (Å²) in [6.45, 7) is 0. The zero-order valence-corrected chi connectivity index (χ0v) is 23.8. The van der Waals surface area contributed by atoms with Crippen molar-refractivity contribution < 1.29 is 4.42 Å². The molecule has 8 rings (SSSR count). The van der Waals surface area contributed by atoms with Crippen molar-refractivity contribution in [3.05, 3.63) is 140 Å². The van der Waals surface area contributed by atoms with Gasteiger partial charge in [-0.15, -0.1) is 11.3 Å². The molecule has 3 heterocycles. The minimum absolute atomic E-state index is 0.801. The Morgan fingerprint density at radius 2 is 1.40 bits per heavy atom. The number of oxazole rings is 1. The van der Waals surface area contributed by atoms with Gasteiger partial charge in [0.05, 0.1) is 10.2 Å². The topological polar surface area (TPSA) is 63.8 Å². The maximum Gasteiger partial charge on any atom is 0.182 e. The average Bonchev–Trinajstić information content (AvgIpc) is 3.73. The molecule has 43 heavy (non-hydrogen) atoms. The summed E-state index contributed by atoms with van der Waals surface area (Å²) in [5, 5.41) is 4.56. The second kappa shape index (κ2) is 10.7. The number of rotatable bonds is 6. The highest BCUT2D eigenvalue weighted by molar-refractivity contribution is 7.21. The molecular formula is C37H24N4OS. The summed E-state index contributed by atoms with van der Waals surface area (Å²) in [5.41, 5.74) is 12.3. The van der Waals surface area contributed by atoms with E-state index in [2.05, 4.69) is 112 Å². The molecule has 0 aliphatic rings. The molecule has 0 aliphatic heterocycles. The first-order valence-electron chi connectivity index (χ1n) is 14.0. The van der Waals surface area contributed by atoms with Crippen molar-refractivity contribution in [3.63, 3.8) is 0 Å². The van der Waals surface area contributed by atoms with E-state index >= 15 is 0 Å². The van der Waals surface area contributed by atoms with E-state index in [4.69, 9.17) is 9.40 Å². The third-order valence-corrected chi connectivity index (χ3v) is 8.60. The molecule has 5 nitrogen and oxygen atoms in total. The molecule has 0 fully saturated rings. The van der Waals surface area contributed by atoms with Crippen LogP contribution in [0.15, 0.2) is 145 Å². The number of hydrogen-bond acceptors (Lipinski definition) is 6. The van der Waals surface area contributed by atoms with Crippen LogP contribution in [-0.2, 0) is 0 Å². The maximum atomic E-state index is 5.73. The lowest BCUT2D eigenvalue weighted by molar-refractivity contribution is 0.603. The number of nitrogens with zero attached hydrogens (tertiary/aromatic N) is 3. The Morgan fingerprint density at radius 1 is 0.581 bits per heavy atom. The second-order valence-corrected chi connectivity index (χ2v) is 11.3. The van der Waals surface area contributed by atoms with Crippen LogP contribution in [0, 0.1) is 0 Å². The van der Waals surface area contributed by atoms with Crippen LogP contribution in [0.25, 0.3) is 65.3 Å². The van der Waals surface area contributed by atoms with Crippen LogP contribution in [0.5, 0.6) is 0 Å². The van der Waals surface area contributed by atoms with Crippen LogP contribution in [0.4, 0.5) is 11.4 Å². The molecule has 0 saturated heterocycles. The summed E-state index contributed by atoms with van der Waals surface area (Å²) in [5.74, 6) is 0. The Balaban J connectivity index is 1.05. The van der Waals surface area contributed by atoms with E-state index in [0.29, 0.717) is 0 Å². The van der Waals surface area contributed by atoms with Gasteiger partial charge in [-0.1, -0.05) is 66.7 Å². The van der Waals surface area contributed by atoms with E-state index < -0.39 is 0 Å². The number of hydrogen-bond donors (Lipinski definition) is 1. The fourth-order valence-corrected chi connectivity index (χ4v) is 6.32. The fourth-order valence-electron chi connectivity index (χ4n) is 5.37. The van der Waals surface area contributed by atoms with Crippen LogP contribution in [0.2, 0.25) is 0 Å². The first kappa shape index (κ1) is 25.1. The van der Waals surface area contributed by atoms with Gasteiger partial charge in [0.1, 0.15) is 10.5 Å². The van der Waals surface area contributed by atoms with Gasteiger partial charge in [0, 0.05) is 40.5 Å². The molecule has 1 N–H and O–H groups in total. The number of pyridine rings is 1. The smallest absolute Gasteiger partial charge is 0.182 e. The normalized spacial score (nSPS) is 11.3. The van der Waals surface area contributed by atoms with Gasteiger partial charge in [-0.2, -0.15) is 0 Å². The Bertz CT molecular complexity index is 2200. The van der Waals surface area contributed by atoms with Gasteiger partial charge >= 0.3 is 0 Å². The molecule has 204 valence electrons. The lowest BCUT2D eigenvalue weighted by Gasteiger charge is -2.10. The van der Waals surface area contributed by atoms with Crippen molar-refractivity contribution in [2.75, 3.05) is 5.32 Å².